The van der Waals surface area contributed by atoms with Crippen LogP contribution in [0.1, 0.15) is 33.1 Å². The van der Waals surface area contributed by atoms with Crippen LogP contribution < -0.4 is 0 Å². The zero-order chi connectivity index (χ0) is 8.69. The van der Waals surface area contributed by atoms with E-state index < -0.39 is 0 Å². The van der Waals surface area contributed by atoms with E-state index in [2.05, 4.69) is 6.92 Å². The van der Waals surface area contributed by atoms with Crippen LogP contribution in [0.5, 0.6) is 0 Å². The van der Waals surface area contributed by atoms with Crippen LogP contribution in [0.15, 0.2) is 0 Å². The summed E-state index contributed by atoms with van der Waals surface area (Å²) >= 11 is 5.01. The summed E-state index contributed by atoms with van der Waals surface area (Å²) in [6.07, 6.45) is 2.75. The van der Waals surface area contributed by atoms with Gasteiger partial charge in [0.15, 0.2) is 0 Å². The van der Waals surface area contributed by atoms with E-state index >= 15 is 0 Å². The Labute approximate surface area is 72.9 Å². The molecule has 0 aromatic carbocycles. The minimum Gasteiger partial charge on any atom is -0.466 e. The molecule has 11 heavy (non-hydrogen) atoms. The molecule has 0 radical (unpaired) electrons. The Morgan fingerprint density at radius 1 is 1.45 bits per heavy atom. The Hall–Kier alpha value is -0.440. The van der Waals surface area contributed by atoms with Crippen LogP contribution in [0, 0.1) is 0 Å². The number of hydrogen-bond acceptors (Lipinski definition) is 3. The number of carbonyl (C=O) groups excluding carboxylic acids is 1. The summed E-state index contributed by atoms with van der Waals surface area (Å²) in [7, 11) is 0. The van der Waals surface area contributed by atoms with Crippen molar-refractivity contribution in [2.75, 3.05) is 6.61 Å². The summed E-state index contributed by atoms with van der Waals surface area (Å²) in [5.74, 6) is -0.232. The number of rotatable bonds is 5. The van der Waals surface area contributed by atoms with E-state index in [0.29, 0.717) is 6.61 Å². The molecule has 0 spiro atoms. The lowest BCUT2D eigenvalue weighted by atomic mass is 10.2. The molecule has 0 N–H and O–H groups in total. The average molecular weight is 174 g/mol. The third kappa shape index (κ3) is 7.46. The molecule has 0 fully saturated rings. The van der Waals surface area contributed by atoms with Crippen LogP contribution >= 0.6 is 12.2 Å². The molecule has 0 rings (SSSR count). The topological polar surface area (TPSA) is 26.3 Å². The SMILES string of the molecule is CCCC(=S)CCOC(C)=O. The monoisotopic (exact) mass is 174 g/mol. The van der Waals surface area contributed by atoms with Crippen molar-refractivity contribution < 1.29 is 9.53 Å². The molecule has 0 heterocycles. The van der Waals surface area contributed by atoms with Crippen LogP contribution in [0.4, 0.5) is 0 Å². The molecular weight excluding hydrogens is 160 g/mol. The summed E-state index contributed by atoms with van der Waals surface area (Å²) in [5, 5.41) is 0. The van der Waals surface area contributed by atoms with E-state index in [4.69, 9.17) is 17.0 Å². The van der Waals surface area contributed by atoms with Gasteiger partial charge in [0.2, 0.25) is 0 Å². The van der Waals surface area contributed by atoms with Gasteiger partial charge in [-0.25, -0.2) is 0 Å². The quantitative estimate of drug-likeness (QED) is 0.471. The summed E-state index contributed by atoms with van der Waals surface area (Å²) in [4.78, 5) is 11.3. The fourth-order valence-corrected chi connectivity index (χ4v) is 1.000. The Morgan fingerprint density at radius 3 is 2.55 bits per heavy atom. The summed E-state index contributed by atoms with van der Waals surface area (Å²) in [6, 6.07) is 0. The van der Waals surface area contributed by atoms with E-state index in [0.717, 1.165) is 24.1 Å². The van der Waals surface area contributed by atoms with Gasteiger partial charge in [0.1, 0.15) is 0 Å². The highest BCUT2D eigenvalue weighted by molar-refractivity contribution is 7.80. The molecule has 0 bridgehead atoms. The van der Waals surface area contributed by atoms with Crippen molar-refractivity contribution in [2.24, 2.45) is 0 Å². The predicted molar refractivity (Wildman–Crippen MR) is 48.8 cm³/mol. The van der Waals surface area contributed by atoms with Gasteiger partial charge >= 0.3 is 5.97 Å². The molecule has 0 aliphatic rings. The molecule has 0 amide bonds. The van der Waals surface area contributed by atoms with Gasteiger partial charge in [0, 0.05) is 13.3 Å². The molecule has 0 aliphatic heterocycles. The van der Waals surface area contributed by atoms with Gasteiger partial charge in [-0.1, -0.05) is 25.6 Å². The van der Waals surface area contributed by atoms with Gasteiger partial charge in [-0.05, 0) is 11.3 Å². The normalized spacial score (nSPS) is 9.27. The lowest BCUT2D eigenvalue weighted by Crippen LogP contribution is -2.05. The number of esters is 1. The zero-order valence-corrected chi connectivity index (χ0v) is 7.87. The largest absolute Gasteiger partial charge is 0.466 e. The molecular formula is C8H14O2S. The Balaban J connectivity index is 3.24. The lowest BCUT2D eigenvalue weighted by Gasteiger charge is -2.01. The minimum atomic E-state index is -0.232. The predicted octanol–water partition coefficient (Wildman–Crippen LogP) is 2.11. The molecule has 2 nitrogen and oxygen atoms in total. The first kappa shape index (κ1) is 10.6. The maximum absolute atomic E-state index is 10.3. The molecule has 0 aliphatic carbocycles. The van der Waals surface area contributed by atoms with E-state index in [1.165, 1.54) is 6.92 Å². The van der Waals surface area contributed by atoms with E-state index in [1.807, 2.05) is 0 Å². The van der Waals surface area contributed by atoms with E-state index in [-0.39, 0.29) is 5.97 Å². The first-order chi connectivity index (χ1) is 5.16. The smallest absolute Gasteiger partial charge is 0.302 e. The second-order valence-corrected chi connectivity index (χ2v) is 2.96. The van der Waals surface area contributed by atoms with Gasteiger partial charge in [0.05, 0.1) is 6.61 Å². The number of ether oxygens (including phenoxy) is 1. The van der Waals surface area contributed by atoms with Gasteiger partial charge < -0.3 is 4.74 Å². The van der Waals surface area contributed by atoms with Gasteiger partial charge in [-0.3, -0.25) is 4.79 Å². The van der Waals surface area contributed by atoms with Gasteiger partial charge in [-0.15, -0.1) is 0 Å². The Bertz CT molecular complexity index is 143. The highest BCUT2D eigenvalue weighted by atomic mass is 32.1. The van der Waals surface area contributed by atoms with Crippen LogP contribution in [0.3, 0.4) is 0 Å². The highest BCUT2D eigenvalue weighted by Gasteiger charge is 1.96. The molecule has 0 unspecified atom stereocenters. The maximum atomic E-state index is 10.3. The third-order valence-electron chi connectivity index (χ3n) is 1.22. The third-order valence-corrected chi connectivity index (χ3v) is 1.62. The van der Waals surface area contributed by atoms with Crippen molar-refractivity contribution >= 4 is 23.1 Å². The number of carbonyl (C=O) groups is 1. The molecule has 0 aromatic heterocycles. The molecule has 0 atom stereocenters. The first-order valence-electron chi connectivity index (χ1n) is 3.82. The number of thiocarbonyl (C=S) groups is 1. The summed E-state index contributed by atoms with van der Waals surface area (Å²) in [5.41, 5.74) is 0. The Kier molecular flexibility index (Phi) is 6.03. The molecule has 0 saturated heterocycles. The van der Waals surface area contributed by atoms with Crippen molar-refractivity contribution in [2.45, 2.75) is 33.1 Å². The van der Waals surface area contributed by atoms with Crippen LogP contribution in [-0.4, -0.2) is 17.4 Å². The number of hydrogen-bond donors (Lipinski definition) is 0. The molecule has 3 heteroatoms. The second-order valence-electron chi connectivity index (χ2n) is 2.38. The molecule has 64 valence electrons. The minimum absolute atomic E-state index is 0.232. The van der Waals surface area contributed by atoms with Gasteiger partial charge in [-0.2, -0.15) is 0 Å². The van der Waals surface area contributed by atoms with Crippen LogP contribution in [0.25, 0.3) is 0 Å². The fourth-order valence-electron chi connectivity index (χ4n) is 0.712. The Morgan fingerprint density at radius 2 is 2.09 bits per heavy atom. The van der Waals surface area contributed by atoms with E-state index in [9.17, 15) is 4.79 Å². The van der Waals surface area contributed by atoms with Crippen LogP contribution in [-0.2, 0) is 9.53 Å². The van der Waals surface area contributed by atoms with Crippen molar-refractivity contribution in [3.05, 3.63) is 0 Å². The lowest BCUT2D eigenvalue weighted by molar-refractivity contribution is -0.140. The average Bonchev–Trinajstić information content (AvgIpc) is 1.87. The summed E-state index contributed by atoms with van der Waals surface area (Å²) in [6.45, 7) is 3.93. The zero-order valence-electron chi connectivity index (χ0n) is 7.05. The standard InChI is InChI=1S/C8H14O2S/c1-3-4-8(11)5-6-10-7(2)9/h3-6H2,1-2H3. The first-order valence-corrected chi connectivity index (χ1v) is 4.22. The van der Waals surface area contributed by atoms with Crippen molar-refractivity contribution in [3.8, 4) is 0 Å². The van der Waals surface area contributed by atoms with E-state index in [1.54, 1.807) is 0 Å². The van der Waals surface area contributed by atoms with Crippen molar-refractivity contribution in [1.82, 2.24) is 0 Å². The second kappa shape index (κ2) is 6.28. The van der Waals surface area contributed by atoms with Crippen molar-refractivity contribution in [3.63, 3.8) is 0 Å². The van der Waals surface area contributed by atoms with Gasteiger partial charge in [0.25, 0.3) is 0 Å². The summed E-state index contributed by atoms with van der Waals surface area (Å²) < 4.78 is 4.73. The molecule has 0 aromatic rings. The van der Waals surface area contributed by atoms with Crippen LogP contribution in [0.2, 0.25) is 0 Å². The fraction of sp³-hybridized carbons (Fsp3) is 0.750. The van der Waals surface area contributed by atoms with Crippen molar-refractivity contribution in [1.29, 1.82) is 0 Å². The molecule has 0 saturated carbocycles. The maximum Gasteiger partial charge on any atom is 0.302 e. The highest BCUT2D eigenvalue weighted by Crippen LogP contribution is 1.97.